The third kappa shape index (κ3) is 4.05. The van der Waals surface area contributed by atoms with Gasteiger partial charge >= 0.3 is 0 Å². The second-order valence-electron chi connectivity index (χ2n) is 6.35. The summed E-state index contributed by atoms with van der Waals surface area (Å²) in [7, 11) is 0. The van der Waals surface area contributed by atoms with Crippen LogP contribution in [0.4, 0.5) is 0 Å². The molecule has 0 radical (unpaired) electrons. The second-order valence-corrected chi connectivity index (χ2v) is 6.35. The Morgan fingerprint density at radius 3 is 2.53 bits per heavy atom. The van der Waals surface area contributed by atoms with Gasteiger partial charge in [0.15, 0.2) is 0 Å². The first-order valence-corrected chi connectivity index (χ1v) is 7.60. The van der Waals surface area contributed by atoms with Crippen molar-refractivity contribution in [1.82, 2.24) is 4.90 Å². The van der Waals surface area contributed by atoms with Gasteiger partial charge in [-0.15, -0.1) is 0 Å². The Bertz CT molecular complexity index is 385. The van der Waals surface area contributed by atoms with Gasteiger partial charge in [-0.25, -0.2) is 0 Å². The highest BCUT2D eigenvalue weighted by molar-refractivity contribution is 5.23. The summed E-state index contributed by atoms with van der Waals surface area (Å²) in [4.78, 5) is 2.58. The first-order valence-electron chi connectivity index (χ1n) is 7.60. The topological polar surface area (TPSA) is 29.3 Å². The molecule has 0 aliphatic carbocycles. The Morgan fingerprint density at radius 2 is 1.89 bits per heavy atom. The quantitative estimate of drug-likeness (QED) is 0.899. The van der Waals surface area contributed by atoms with Gasteiger partial charge in [0.25, 0.3) is 0 Å². The molecule has 2 N–H and O–H groups in total. The van der Waals surface area contributed by atoms with Crippen LogP contribution in [0.15, 0.2) is 24.3 Å². The summed E-state index contributed by atoms with van der Waals surface area (Å²) in [6.45, 7) is 10.5. The van der Waals surface area contributed by atoms with E-state index in [0.717, 1.165) is 24.8 Å². The van der Waals surface area contributed by atoms with Crippen LogP contribution in [-0.2, 0) is 0 Å². The Balaban J connectivity index is 1.80. The Hall–Kier alpha value is -0.860. The maximum atomic E-state index is 6.30. The zero-order valence-corrected chi connectivity index (χ0v) is 12.6. The molecule has 2 heteroatoms. The molecule has 0 bridgehead atoms. The average Bonchev–Trinajstić information content (AvgIpc) is 2.40. The fourth-order valence-corrected chi connectivity index (χ4v) is 2.85. The number of benzene rings is 1. The average molecular weight is 260 g/mol. The minimum absolute atomic E-state index is 0.176. The van der Waals surface area contributed by atoms with Gasteiger partial charge in [-0.05, 0) is 50.3 Å². The zero-order chi connectivity index (χ0) is 13.8. The van der Waals surface area contributed by atoms with Crippen LogP contribution in [0.1, 0.15) is 43.9 Å². The number of likely N-dealkylation sites (tertiary alicyclic amines) is 1. The highest BCUT2D eigenvalue weighted by Gasteiger charge is 2.22. The second kappa shape index (κ2) is 6.53. The van der Waals surface area contributed by atoms with Crippen molar-refractivity contribution in [1.29, 1.82) is 0 Å². The molecule has 106 valence electrons. The molecule has 0 amide bonds. The molecule has 0 aromatic heterocycles. The molecule has 1 heterocycles. The molecule has 1 aromatic carbocycles. The summed E-state index contributed by atoms with van der Waals surface area (Å²) < 4.78 is 0. The SMILES string of the molecule is Cc1ccc(C(N)CCN2CCC(C)C(C)C2)cc1. The van der Waals surface area contributed by atoms with Crippen molar-refractivity contribution in [2.45, 2.75) is 39.7 Å². The lowest BCUT2D eigenvalue weighted by Gasteiger charge is -2.35. The van der Waals surface area contributed by atoms with E-state index in [2.05, 4.69) is 49.9 Å². The van der Waals surface area contributed by atoms with Crippen LogP contribution in [0.2, 0.25) is 0 Å². The fraction of sp³-hybridized carbons (Fsp3) is 0.647. The van der Waals surface area contributed by atoms with Crippen molar-refractivity contribution >= 4 is 0 Å². The molecule has 0 saturated carbocycles. The number of aryl methyl sites for hydroxylation is 1. The van der Waals surface area contributed by atoms with Gasteiger partial charge in [0.2, 0.25) is 0 Å². The summed E-state index contributed by atoms with van der Waals surface area (Å²) in [5, 5.41) is 0. The third-order valence-corrected chi connectivity index (χ3v) is 4.68. The van der Waals surface area contributed by atoms with E-state index in [9.17, 15) is 0 Å². The van der Waals surface area contributed by atoms with E-state index in [1.807, 2.05) is 0 Å². The van der Waals surface area contributed by atoms with E-state index in [0.29, 0.717) is 0 Å². The largest absolute Gasteiger partial charge is 0.324 e. The summed E-state index contributed by atoms with van der Waals surface area (Å²) in [5.74, 6) is 1.70. The van der Waals surface area contributed by atoms with Crippen LogP contribution in [0.5, 0.6) is 0 Å². The van der Waals surface area contributed by atoms with Gasteiger partial charge in [-0.2, -0.15) is 0 Å². The van der Waals surface area contributed by atoms with E-state index in [-0.39, 0.29) is 6.04 Å². The minimum atomic E-state index is 0.176. The van der Waals surface area contributed by atoms with Crippen molar-refractivity contribution in [3.63, 3.8) is 0 Å². The minimum Gasteiger partial charge on any atom is -0.324 e. The predicted molar refractivity (Wildman–Crippen MR) is 82.1 cm³/mol. The molecule has 1 fully saturated rings. The van der Waals surface area contributed by atoms with Gasteiger partial charge in [0.1, 0.15) is 0 Å². The van der Waals surface area contributed by atoms with Gasteiger partial charge in [0, 0.05) is 12.6 Å². The first-order chi connectivity index (χ1) is 9.06. The first kappa shape index (κ1) is 14.5. The number of hydrogen-bond donors (Lipinski definition) is 1. The summed E-state index contributed by atoms with van der Waals surface area (Å²) >= 11 is 0. The van der Waals surface area contributed by atoms with Crippen molar-refractivity contribution in [3.8, 4) is 0 Å². The predicted octanol–water partition coefficient (Wildman–Crippen LogP) is 3.36. The molecule has 3 unspecified atom stereocenters. The standard InChI is InChI=1S/C17H28N2/c1-13-4-6-16(7-5-13)17(18)9-11-19-10-8-14(2)15(3)12-19/h4-7,14-15,17H,8-12,18H2,1-3H3. The number of hydrogen-bond acceptors (Lipinski definition) is 2. The number of nitrogens with two attached hydrogens (primary N) is 1. The highest BCUT2D eigenvalue weighted by Crippen LogP contribution is 2.23. The van der Waals surface area contributed by atoms with Crippen molar-refractivity contribution in [2.75, 3.05) is 19.6 Å². The molecule has 3 atom stereocenters. The third-order valence-electron chi connectivity index (χ3n) is 4.68. The molecular weight excluding hydrogens is 232 g/mol. The normalized spacial score (nSPS) is 26.3. The summed E-state index contributed by atoms with van der Waals surface area (Å²) in [6.07, 6.45) is 2.39. The van der Waals surface area contributed by atoms with Crippen molar-refractivity contribution in [3.05, 3.63) is 35.4 Å². The molecule has 1 aromatic rings. The molecule has 0 spiro atoms. The molecular formula is C17H28N2. The van der Waals surface area contributed by atoms with E-state index in [1.54, 1.807) is 0 Å². The van der Waals surface area contributed by atoms with Gasteiger partial charge in [0.05, 0.1) is 0 Å². The molecule has 2 rings (SSSR count). The van der Waals surface area contributed by atoms with E-state index >= 15 is 0 Å². The van der Waals surface area contributed by atoms with Crippen LogP contribution >= 0.6 is 0 Å². The Kier molecular flexibility index (Phi) is 5.00. The molecule has 2 nitrogen and oxygen atoms in total. The van der Waals surface area contributed by atoms with Crippen LogP contribution in [0, 0.1) is 18.8 Å². The molecule has 1 aliphatic rings. The zero-order valence-electron chi connectivity index (χ0n) is 12.6. The lowest BCUT2D eigenvalue weighted by atomic mass is 9.88. The van der Waals surface area contributed by atoms with Gasteiger partial charge in [-0.3, -0.25) is 0 Å². The smallest absolute Gasteiger partial charge is 0.0307 e. The Morgan fingerprint density at radius 1 is 1.21 bits per heavy atom. The lowest BCUT2D eigenvalue weighted by Crippen LogP contribution is -2.39. The summed E-state index contributed by atoms with van der Waals surface area (Å²) in [6, 6.07) is 8.82. The lowest BCUT2D eigenvalue weighted by molar-refractivity contribution is 0.135. The van der Waals surface area contributed by atoms with Crippen molar-refractivity contribution in [2.24, 2.45) is 17.6 Å². The van der Waals surface area contributed by atoms with Gasteiger partial charge < -0.3 is 10.6 Å². The van der Waals surface area contributed by atoms with Crippen LogP contribution in [-0.4, -0.2) is 24.5 Å². The number of piperidine rings is 1. The fourth-order valence-electron chi connectivity index (χ4n) is 2.85. The van der Waals surface area contributed by atoms with Gasteiger partial charge in [-0.1, -0.05) is 43.7 Å². The van der Waals surface area contributed by atoms with Crippen molar-refractivity contribution < 1.29 is 0 Å². The van der Waals surface area contributed by atoms with E-state index < -0.39 is 0 Å². The highest BCUT2D eigenvalue weighted by atomic mass is 15.1. The maximum Gasteiger partial charge on any atom is 0.0307 e. The molecule has 19 heavy (non-hydrogen) atoms. The molecule has 1 aliphatic heterocycles. The van der Waals surface area contributed by atoms with Crippen LogP contribution in [0.25, 0.3) is 0 Å². The Labute approximate surface area is 118 Å². The van der Waals surface area contributed by atoms with E-state index in [1.165, 1.54) is 30.6 Å². The van der Waals surface area contributed by atoms with E-state index in [4.69, 9.17) is 5.73 Å². The number of nitrogens with zero attached hydrogens (tertiary/aromatic N) is 1. The maximum absolute atomic E-state index is 6.30. The van der Waals surface area contributed by atoms with Crippen LogP contribution in [0.3, 0.4) is 0 Å². The monoisotopic (exact) mass is 260 g/mol. The van der Waals surface area contributed by atoms with Crippen LogP contribution < -0.4 is 5.73 Å². The number of rotatable bonds is 4. The molecule has 1 saturated heterocycles. The summed E-state index contributed by atoms with van der Waals surface area (Å²) in [5.41, 5.74) is 8.87.